The molecular weight excluding hydrogens is 398 g/mol. The molecule has 2 heterocycles. The third-order valence-corrected chi connectivity index (χ3v) is 6.27. The SMILES string of the molecule is O=C(Nc1ncn[nH]1)C1CCCN(S(=O)(=O)c2ccc(Br)cc2)C1. The minimum atomic E-state index is -3.61. The largest absolute Gasteiger partial charge is 0.295 e. The highest BCUT2D eigenvalue weighted by molar-refractivity contribution is 9.10. The number of sulfonamides is 1. The Bertz CT molecular complexity index is 807. The molecule has 0 radical (unpaired) electrons. The van der Waals surface area contributed by atoms with Crippen LogP contribution in [0.1, 0.15) is 12.8 Å². The van der Waals surface area contributed by atoms with E-state index in [0.29, 0.717) is 19.4 Å². The number of aromatic amines is 1. The number of hydrogen-bond acceptors (Lipinski definition) is 5. The fourth-order valence-electron chi connectivity index (χ4n) is 2.61. The van der Waals surface area contributed by atoms with Crippen molar-refractivity contribution in [1.29, 1.82) is 0 Å². The van der Waals surface area contributed by atoms with E-state index in [9.17, 15) is 13.2 Å². The van der Waals surface area contributed by atoms with Gasteiger partial charge in [0.05, 0.1) is 10.8 Å². The van der Waals surface area contributed by atoms with Gasteiger partial charge in [0.2, 0.25) is 21.9 Å². The molecule has 1 atom stereocenters. The van der Waals surface area contributed by atoms with Crippen LogP contribution in [0.25, 0.3) is 0 Å². The van der Waals surface area contributed by atoms with Gasteiger partial charge in [0.1, 0.15) is 6.33 Å². The van der Waals surface area contributed by atoms with Crippen molar-refractivity contribution < 1.29 is 13.2 Å². The van der Waals surface area contributed by atoms with Crippen LogP contribution in [0.3, 0.4) is 0 Å². The van der Waals surface area contributed by atoms with E-state index in [0.717, 1.165) is 4.47 Å². The molecule has 1 aliphatic rings. The molecule has 8 nitrogen and oxygen atoms in total. The molecule has 1 aromatic heterocycles. The molecule has 1 aromatic carbocycles. The highest BCUT2D eigenvalue weighted by Gasteiger charge is 2.33. The lowest BCUT2D eigenvalue weighted by atomic mass is 9.99. The first-order chi connectivity index (χ1) is 11.5. The second-order valence-corrected chi connectivity index (χ2v) is 8.33. The van der Waals surface area contributed by atoms with Gasteiger partial charge in [-0.2, -0.15) is 14.4 Å². The topological polar surface area (TPSA) is 108 Å². The van der Waals surface area contributed by atoms with E-state index in [1.165, 1.54) is 10.6 Å². The molecule has 128 valence electrons. The molecule has 1 amide bonds. The summed E-state index contributed by atoms with van der Waals surface area (Å²) in [5.74, 6) is -0.426. The zero-order valence-electron chi connectivity index (χ0n) is 12.6. The second kappa shape index (κ2) is 6.99. The minimum absolute atomic E-state index is 0.151. The number of anilines is 1. The third kappa shape index (κ3) is 3.65. The summed E-state index contributed by atoms with van der Waals surface area (Å²) >= 11 is 3.29. The number of benzene rings is 1. The van der Waals surface area contributed by atoms with Crippen molar-refractivity contribution in [2.75, 3.05) is 18.4 Å². The van der Waals surface area contributed by atoms with E-state index in [1.54, 1.807) is 24.3 Å². The molecular formula is C14H16BrN5O3S. The molecule has 0 bridgehead atoms. The minimum Gasteiger partial charge on any atom is -0.295 e. The molecule has 0 saturated carbocycles. The number of halogens is 1. The van der Waals surface area contributed by atoms with Gasteiger partial charge in [-0.25, -0.2) is 13.5 Å². The van der Waals surface area contributed by atoms with Crippen LogP contribution < -0.4 is 5.32 Å². The summed E-state index contributed by atoms with van der Waals surface area (Å²) in [6, 6.07) is 6.48. The molecule has 1 aliphatic heterocycles. The summed E-state index contributed by atoms with van der Waals surface area (Å²) in [6.45, 7) is 0.558. The number of rotatable bonds is 4. The smallest absolute Gasteiger partial charge is 0.243 e. The summed E-state index contributed by atoms with van der Waals surface area (Å²) < 4.78 is 27.6. The molecule has 2 N–H and O–H groups in total. The number of aromatic nitrogens is 3. The van der Waals surface area contributed by atoms with Crippen molar-refractivity contribution in [1.82, 2.24) is 19.5 Å². The van der Waals surface area contributed by atoms with Crippen molar-refractivity contribution in [2.45, 2.75) is 17.7 Å². The number of amides is 1. The first kappa shape index (κ1) is 17.1. The average molecular weight is 414 g/mol. The maximum atomic E-state index is 12.7. The van der Waals surface area contributed by atoms with Crippen LogP contribution in [0.5, 0.6) is 0 Å². The van der Waals surface area contributed by atoms with Crippen LogP contribution >= 0.6 is 15.9 Å². The lowest BCUT2D eigenvalue weighted by molar-refractivity contribution is -0.120. The summed E-state index contributed by atoms with van der Waals surface area (Å²) in [7, 11) is -3.61. The lowest BCUT2D eigenvalue weighted by Gasteiger charge is -2.31. The van der Waals surface area contributed by atoms with E-state index in [1.807, 2.05) is 0 Å². The zero-order chi connectivity index (χ0) is 17.2. The highest BCUT2D eigenvalue weighted by Crippen LogP contribution is 2.25. The number of carbonyl (C=O) groups is 1. The zero-order valence-corrected chi connectivity index (χ0v) is 15.0. The Hall–Kier alpha value is -1.78. The standard InChI is InChI=1S/C14H16BrN5O3S/c15-11-3-5-12(6-4-11)24(22,23)20-7-1-2-10(8-20)13(21)18-14-16-9-17-19-14/h3-6,9-10H,1-2,7-8H2,(H2,16,17,18,19,21). The maximum absolute atomic E-state index is 12.7. The fourth-order valence-corrected chi connectivity index (χ4v) is 4.40. The van der Waals surface area contributed by atoms with E-state index in [2.05, 4.69) is 36.4 Å². The highest BCUT2D eigenvalue weighted by atomic mass is 79.9. The average Bonchev–Trinajstić information content (AvgIpc) is 3.08. The van der Waals surface area contributed by atoms with Gasteiger partial charge in [0, 0.05) is 17.6 Å². The summed E-state index contributed by atoms with van der Waals surface area (Å²) in [6.07, 6.45) is 2.55. The second-order valence-electron chi connectivity index (χ2n) is 5.48. The predicted molar refractivity (Wildman–Crippen MR) is 90.6 cm³/mol. The van der Waals surface area contributed by atoms with E-state index < -0.39 is 15.9 Å². The van der Waals surface area contributed by atoms with Crippen LogP contribution in [0.2, 0.25) is 0 Å². The van der Waals surface area contributed by atoms with Gasteiger partial charge in [-0.05, 0) is 37.1 Å². The number of carbonyl (C=O) groups excluding carboxylic acids is 1. The Labute approximate surface area is 147 Å². The molecule has 0 spiro atoms. The fraction of sp³-hybridized carbons (Fsp3) is 0.357. The maximum Gasteiger partial charge on any atom is 0.243 e. The monoisotopic (exact) mass is 413 g/mol. The van der Waals surface area contributed by atoms with Crippen LogP contribution in [0.4, 0.5) is 5.95 Å². The van der Waals surface area contributed by atoms with Crippen molar-refractivity contribution in [2.24, 2.45) is 5.92 Å². The van der Waals surface area contributed by atoms with Gasteiger partial charge >= 0.3 is 0 Å². The third-order valence-electron chi connectivity index (χ3n) is 3.86. The molecule has 1 unspecified atom stereocenters. The molecule has 3 rings (SSSR count). The van der Waals surface area contributed by atoms with Gasteiger partial charge in [-0.15, -0.1) is 0 Å². The Kier molecular flexibility index (Phi) is 4.97. The first-order valence-corrected chi connectivity index (χ1v) is 9.62. The van der Waals surface area contributed by atoms with Gasteiger partial charge in [-0.3, -0.25) is 10.1 Å². The Morgan fingerprint density at radius 3 is 2.75 bits per heavy atom. The van der Waals surface area contributed by atoms with Crippen LogP contribution in [0, 0.1) is 5.92 Å². The Balaban J connectivity index is 1.72. The quantitative estimate of drug-likeness (QED) is 0.791. The van der Waals surface area contributed by atoms with Gasteiger partial charge in [-0.1, -0.05) is 15.9 Å². The number of nitrogens with zero attached hydrogens (tertiary/aromatic N) is 3. The molecule has 24 heavy (non-hydrogen) atoms. The summed E-state index contributed by atoms with van der Waals surface area (Å²) in [4.78, 5) is 16.4. The van der Waals surface area contributed by atoms with Crippen molar-refractivity contribution in [3.63, 3.8) is 0 Å². The Morgan fingerprint density at radius 1 is 1.33 bits per heavy atom. The number of hydrogen-bond donors (Lipinski definition) is 2. The lowest BCUT2D eigenvalue weighted by Crippen LogP contribution is -2.43. The normalized spacial score (nSPS) is 19.1. The van der Waals surface area contributed by atoms with Crippen LogP contribution in [-0.4, -0.2) is 46.9 Å². The van der Waals surface area contributed by atoms with Gasteiger partial charge in [0.15, 0.2) is 0 Å². The molecule has 1 fully saturated rings. The predicted octanol–water partition coefficient (Wildman–Crippen LogP) is 1.61. The van der Waals surface area contributed by atoms with Gasteiger partial charge < -0.3 is 0 Å². The van der Waals surface area contributed by atoms with Crippen molar-refractivity contribution in [3.05, 3.63) is 35.1 Å². The van der Waals surface area contributed by atoms with E-state index in [-0.39, 0.29) is 23.3 Å². The molecule has 1 saturated heterocycles. The number of piperidine rings is 1. The summed E-state index contributed by atoms with van der Waals surface area (Å²) in [5.41, 5.74) is 0. The van der Waals surface area contributed by atoms with E-state index >= 15 is 0 Å². The van der Waals surface area contributed by atoms with Crippen molar-refractivity contribution >= 4 is 37.8 Å². The van der Waals surface area contributed by atoms with Crippen LogP contribution in [0.15, 0.2) is 40.0 Å². The first-order valence-electron chi connectivity index (χ1n) is 7.39. The van der Waals surface area contributed by atoms with Gasteiger partial charge in [0.25, 0.3) is 0 Å². The molecule has 2 aromatic rings. The van der Waals surface area contributed by atoms with E-state index in [4.69, 9.17) is 0 Å². The number of H-pyrrole nitrogens is 1. The van der Waals surface area contributed by atoms with Crippen molar-refractivity contribution in [3.8, 4) is 0 Å². The molecule has 10 heteroatoms. The molecule has 0 aliphatic carbocycles. The Morgan fingerprint density at radius 2 is 2.08 bits per heavy atom. The summed E-state index contributed by atoms with van der Waals surface area (Å²) in [5, 5.41) is 8.83. The number of nitrogens with one attached hydrogen (secondary N) is 2. The van der Waals surface area contributed by atoms with Crippen LogP contribution in [-0.2, 0) is 14.8 Å².